The first kappa shape index (κ1) is 15.5. The van der Waals surface area contributed by atoms with Gasteiger partial charge in [0.1, 0.15) is 5.75 Å². The molecule has 0 saturated heterocycles. The third-order valence-electron chi connectivity index (χ3n) is 3.76. The average Bonchev–Trinajstić information content (AvgIpc) is 2.46. The highest BCUT2D eigenvalue weighted by Crippen LogP contribution is 2.27. The molecule has 0 N–H and O–H groups in total. The Morgan fingerprint density at radius 3 is 2.65 bits per heavy atom. The topological polar surface area (TPSA) is 29.5 Å². The lowest BCUT2D eigenvalue weighted by Crippen LogP contribution is -2.40. The summed E-state index contributed by atoms with van der Waals surface area (Å²) >= 11 is 11.8. The molecule has 2 rings (SSSR count). The molecule has 1 aliphatic carbocycles. The Morgan fingerprint density at radius 1 is 1.30 bits per heavy atom. The third kappa shape index (κ3) is 4.03. The number of ether oxygens (including phenoxy) is 1. The van der Waals surface area contributed by atoms with Crippen LogP contribution in [0.1, 0.15) is 32.1 Å². The minimum absolute atomic E-state index is 0.00829. The van der Waals surface area contributed by atoms with Crippen molar-refractivity contribution >= 4 is 29.1 Å². The van der Waals surface area contributed by atoms with Crippen LogP contribution >= 0.6 is 23.2 Å². The van der Waals surface area contributed by atoms with Gasteiger partial charge in [0.25, 0.3) is 5.91 Å². The van der Waals surface area contributed by atoms with Crippen LogP contribution in [-0.4, -0.2) is 30.5 Å². The predicted octanol–water partition coefficient (Wildman–Crippen LogP) is 4.16. The van der Waals surface area contributed by atoms with Crippen molar-refractivity contribution in [2.75, 3.05) is 13.7 Å². The van der Waals surface area contributed by atoms with Gasteiger partial charge in [0, 0.05) is 18.1 Å². The van der Waals surface area contributed by atoms with Gasteiger partial charge in [-0.1, -0.05) is 42.5 Å². The monoisotopic (exact) mass is 315 g/mol. The van der Waals surface area contributed by atoms with Crippen LogP contribution in [0.2, 0.25) is 10.0 Å². The zero-order valence-corrected chi connectivity index (χ0v) is 13.1. The van der Waals surface area contributed by atoms with Gasteiger partial charge in [-0.3, -0.25) is 4.79 Å². The molecule has 1 fully saturated rings. The summed E-state index contributed by atoms with van der Waals surface area (Å²) in [6, 6.07) is 5.32. The number of amides is 1. The van der Waals surface area contributed by atoms with Crippen molar-refractivity contribution in [2.24, 2.45) is 0 Å². The van der Waals surface area contributed by atoms with Gasteiger partial charge in [0.15, 0.2) is 6.61 Å². The zero-order valence-electron chi connectivity index (χ0n) is 11.6. The number of benzene rings is 1. The van der Waals surface area contributed by atoms with Crippen molar-refractivity contribution in [3.05, 3.63) is 28.2 Å². The van der Waals surface area contributed by atoms with E-state index in [0.717, 1.165) is 12.8 Å². The van der Waals surface area contributed by atoms with Crippen LogP contribution in [0.3, 0.4) is 0 Å². The first-order chi connectivity index (χ1) is 9.58. The Kier molecular flexibility index (Phi) is 5.55. The van der Waals surface area contributed by atoms with Gasteiger partial charge < -0.3 is 9.64 Å². The van der Waals surface area contributed by atoms with Gasteiger partial charge in [0.05, 0.1) is 5.02 Å². The molecule has 1 amide bonds. The molecule has 0 radical (unpaired) electrons. The highest BCUT2D eigenvalue weighted by Gasteiger charge is 2.22. The van der Waals surface area contributed by atoms with Gasteiger partial charge in [-0.25, -0.2) is 0 Å². The minimum atomic E-state index is -0.0112. The van der Waals surface area contributed by atoms with Crippen LogP contribution in [0.4, 0.5) is 0 Å². The van der Waals surface area contributed by atoms with E-state index in [2.05, 4.69) is 0 Å². The molecule has 110 valence electrons. The Hall–Kier alpha value is -0.930. The molecule has 1 aromatic carbocycles. The normalized spacial score (nSPS) is 15.9. The Labute approximate surface area is 129 Å². The summed E-state index contributed by atoms with van der Waals surface area (Å²) in [5.41, 5.74) is 0. The number of nitrogens with zero attached hydrogens (tertiary/aromatic N) is 1. The summed E-state index contributed by atoms with van der Waals surface area (Å²) in [4.78, 5) is 13.9. The van der Waals surface area contributed by atoms with E-state index in [4.69, 9.17) is 27.9 Å². The molecular weight excluding hydrogens is 297 g/mol. The molecule has 20 heavy (non-hydrogen) atoms. The van der Waals surface area contributed by atoms with Crippen molar-refractivity contribution < 1.29 is 9.53 Å². The number of rotatable bonds is 4. The molecule has 1 saturated carbocycles. The van der Waals surface area contributed by atoms with Crippen LogP contribution in [0.25, 0.3) is 0 Å². The van der Waals surface area contributed by atoms with Crippen molar-refractivity contribution in [3.63, 3.8) is 0 Å². The number of likely N-dealkylation sites (N-methyl/N-ethyl adjacent to an activating group) is 1. The van der Waals surface area contributed by atoms with E-state index in [9.17, 15) is 4.79 Å². The Bertz CT molecular complexity index is 473. The molecule has 0 spiro atoms. The SMILES string of the molecule is CN(C(=O)COc1ccc(Cl)cc1Cl)C1CCCCC1. The van der Waals surface area contributed by atoms with Gasteiger partial charge in [-0.05, 0) is 31.0 Å². The molecule has 0 bridgehead atoms. The van der Waals surface area contributed by atoms with Gasteiger partial charge in [-0.2, -0.15) is 0 Å². The second kappa shape index (κ2) is 7.19. The molecule has 3 nitrogen and oxygen atoms in total. The smallest absolute Gasteiger partial charge is 0.260 e. The minimum Gasteiger partial charge on any atom is -0.482 e. The first-order valence-electron chi connectivity index (χ1n) is 6.91. The fourth-order valence-corrected chi connectivity index (χ4v) is 2.97. The molecule has 0 heterocycles. The summed E-state index contributed by atoms with van der Waals surface area (Å²) < 4.78 is 5.48. The Morgan fingerprint density at radius 2 is 2.00 bits per heavy atom. The van der Waals surface area contributed by atoms with E-state index in [1.54, 1.807) is 18.2 Å². The Balaban J connectivity index is 1.87. The molecule has 0 aromatic heterocycles. The summed E-state index contributed by atoms with van der Waals surface area (Å²) in [6.07, 6.45) is 5.85. The number of hydrogen-bond donors (Lipinski definition) is 0. The standard InChI is InChI=1S/C15H19Cl2NO2/c1-18(12-5-3-2-4-6-12)15(19)10-20-14-8-7-11(16)9-13(14)17/h7-9,12H,2-6,10H2,1H3. The maximum absolute atomic E-state index is 12.1. The second-order valence-electron chi connectivity index (χ2n) is 5.16. The van der Waals surface area contributed by atoms with Gasteiger partial charge >= 0.3 is 0 Å². The van der Waals surface area contributed by atoms with Crippen LogP contribution in [0.5, 0.6) is 5.75 Å². The number of halogens is 2. The number of hydrogen-bond acceptors (Lipinski definition) is 2. The molecule has 1 aromatic rings. The van der Waals surface area contributed by atoms with Crippen LogP contribution in [0, 0.1) is 0 Å². The van der Waals surface area contributed by atoms with Crippen LogP contribution in [-0.2, 0) is 4.79 Å². The zero-order chi connectivity index (χ0) is 14.5. The fraction of sp³-hybridized carbons (Fsp3) is 0.533. The highest BCUT2D eigenvalue weighted by molar-refractivity contribution is 6.35. The molecular formula is C15H19Cl2NO2. The summed E-state index contributed by atoms with van der Waals surface area (Å²) in [7, 11) is 1.85. The quantitative estimate of drug-likeness (QED) is 0.834. The van der Waals surface area contributed by atoms with Crippen molar-refractivity contribution in [2.45, 2.75) is 38.1 Å². The summed E-state index contributed by atoms with van der Waals surface area (Å²) in [6.45, 7) is 0.00829. The van der Waals surface area contributed by atoms with E-state index >= 15 is 0 Å². The fourth-order valence-electron chi connectivity index (χ4n) is 2.51. The van der Waals surface area contributed by atoms with E-state index in [1.807, 2.05) is 11.9 Å². The molecule has 0 unspecified atom stereocenters. The molecule has 0 aliphatic heterocycles. The third-order valence-corrected chi connectivity index (χ3v) is 4.29. The number of carbonyl (C=O) groups excluding carboxylic acids is 1. The second-order valence-corrected chi connectivity index (χ2v) is 6.00. The number of carbonyl (C=O) groups is 1. The highest BCUT2D eigenvalue weighted by atomic mass is 35.5. The van der Waals surface area contributed by atoms with E-state index in [1.165, 1.54) is 19.3 Å². The molecule has 1 aliphatic rings. The van der Waals surface area contributed by atoms with Crippen LogP contribution in [0.15, 0.2) is 18.2 Å². The maximum Gasteiger partial charge on any atom is 0.260 e. The summed E-state index contributed by atoms with van der Waals surface area (Å²) in [5.74, 6) is 0.476. The molecule has 0 atom stereocenters. The van der Waals surface area contributed by atoms with E-state index in [-0.39, 0.29) is 12.5 Å². The average molecular weight is 316 g/mol. The van der Waals surface area contributed by atoms with E-state index in [0.29, 0.717) is 21.8 Å². The maximum atomic E-state index is 12.1. The van der Waals surface area contributed by atoms with Gasteiger partial charge in [-0.15, -0.1) is 0 Å². The van der Waals surface area contributed by atoms with Crippen molar-refractivity contribution in [3.8, 4) is 5.75 Å². The van der Waals surface area contributed by atoms with Crippen molar-refractivity contribution in [1.82, 2.24) is 4.90 Å². The first-order valence-corrected chi connectivity index (χ1v) is 7.67. The van der Waals surface area contributed by atoms with E-state index < -0.39 is 0 Å². The predicted molar refractivity (Wildman–Crippen MR) is 81.6 cm³/mol. The largest absolute Gasteiger partial charge is 0.482 e. The summed E-state index contributed by atoms with van der Waals surface area (Å²) in [5, 5.41) is 0.971. The lowest BCUT2D eigenvalue weighted by Gasteiger charge is -2.31. The van der Waals surface area contributed by atoms with Crippen LogP contribution < -0.4 is 4.74 Å². The molecule has 5 heteroatoms. The lowest BCUT2D eigenvalue weighted by atomic mass is 9.94. The lowest BCUT2D eigenvalue weighted by molar-refractivity contribution is -0.134. The van der Waals surface area contributed by atoms with Crippen molar-refractivity contribution in [1.29, 1.82) is 0 Å². The van der Waals surface area contributed by atoms with Gasteiger partial charge in [0.2, 0.25) is 0 Å².